The molecule has 0 spiro atoms. The molecule has 160 valence electrons. The summed E-state index contributed by atoms with van der Waals surface area (Å²) >= 11 is 0.187. The molecule has 3 rings (SSSR count). The molecule has 0 saturated heterocycles. The monoisotopic (exact) mass is 497 g/mol. The van der Waals surface area contributed by atoms with E-state index in [1.54, 1.807) is 24.3 Å². The van der Waals surface area contributed by atoms with Crippen molar-refractivity contribution in [1.29, 1.82) is 0 Å². The molecule has 0 atom stereocenters. The second-order valence-electron chi connectivity index (χ2n) is 5.84. The first-order valence-corrected chi connectivity index (χ1v) is 11.4. The number of benzene rings is 2. The van der Waals surface area contributed by atoms with E-state index in [1.807, 2.05) is 0 Å². The SMILES string of the molecule is COc1ccc(-c2n[nH]nc2-c2cc(OC)c(OC)c(OC)c2)cc1SP(=O)([O-])[O-].[Na+].[Na+]. The molecule has 0 aliphatic carbocycles. The number of hydrogen-bond acceptors (Lipinski definition) is 10. The molecule has 0 amide bonds. The topological polar surface area (TPSA) is 142 Å². The Labute approximate surface area is 233 Å². The average molecular weight is 497 g/mol. The summed E-state index contributed by atoms with van der Waals surface area (Å²) in [4.78, 5) is 22.7. The van der Waals surface area contributed by atoms with E-state index < -0.39 is 6.80 Å². The van der Waals surface area contributed by atoms with Gasteiger partial charge >= 0.3 is 59.1 Å². The van der Waals surface area contributed by atoms with Crippen LogP contribution < -0.4 is 87.8 Å². The van der Waals surface area contributed by atoms with E-state index in [4.69, 9.17) is 18.9 Å². The van der Waals surface area contributed by atoms with Gasteiger partial charge in [0.2, 0.25) is 5.75 Å². The predicted molar refractivity (Wildman–Crippen MR) is 107 cm³/mol. The van der Waals surface area contributed by atoms with Crippen molar-refractivity contribution in [1.82, 2.24) is 15.4 Å². The number of aromatic amines is 1. The second-order valence-corrected chi connectivity index (χ2v) is 9.25. The molecular weight excluding hydrogens is 479 g/mol. The van der Waals surface area contributed by atoms with E-state index >= 15 is 0 Å². The van der Waals surface area contributed by atoms with Crippen LogP contribution in [0.2, 0.25) is 0 Å². The van der Waals surface area contributed by atoms with Crippen LogP contribution in [0.4, 0.5) is 0 Å². The zero-order valence-electron chi connectivity index (χ0n) is 18.5. The Morgan fingerprint density at radius 1 is 0.812 bits per heavy atom. The third kappa shape index (κ3) is 6.66. The van der Waals surface area contributed by atoms with Crippen molar-refractivity contribution in [2.45, 2.75) is 4.90 Å². The van der Waals surface area contributed by atoms with Crippen molar-refractivity contribution in [3.05, 3.63) is 30.3 Å². The van der Waals surface area contributed by atoms with Gasteiger partial charge in [-0.15, -0.1) is 0 Å². The zero-order valence-corrected chi connectivity index (χ0v) is 24.2. The number of nitrogens with one attached hydrogen (secondary N) is 1. The van der Waals surface area contributed by atoms with Crippen LogP contribution in [0.15, 0.2) is 35.2 Å². The summed E-state index contributed by atoms with van der Waals surface area (Å²) in [7, 11) is 5.89. The predicted octanol–water partition coefficient (Wildman–Crippen LogP) is -3.90. The van der Waals surface area contributed by atoms with Crippen LogP contribution in [-0.2, 0) is 4.57 Å². The van der Waals surface area contributed by atoms with Gasteiger partial charge < -0.3 is 33.3 Å². The summed E-state index contributed by atoms with van der Waals surface area (Å²) in [5.74, 6) is 1.56. The maximum absolute atomic E-state index is 11.3. The van der Waals surface area contributed by atoms with Gasteiger partial charge in [0, 0.05) is 11.1 Å². The second kappa shape index (κ2) is 12.7. The molecule has 10 nitrogen and oxygen atoms in total. The fourth-order valence-corrected chi connectivity index (χ4v) is 4.68. The average Bonchev–Trinajstić information content (AvgIpc) is 3.21. The molecular formula is C18H18N3Na2O7PS. The smallest absolute Gasteiger partial charge is 0.803 e. The van der Waals surface area contributed by atoms with Crippen LogP contribution >= 0.6 is 18.2 Å². The number of rotatable bonds is 8. The molecule has 1 aromatic heterocycles. The van der Waals surface area contributed by atoms with Crippen LogP contribution in [0.1, 0.15) is 0 Å². The molecule has 0 radical (unpaired) electrons. The standard InChI is InChI=1S/C18H20N3O7PS.2Na/c1-25-12-6-5-10(9-15(12)30-29(22,23)24)16-17(20-21-19-16)11-7-13(26-2)18(28-4)14(8-11)27-3;;/h5-9H,1-4H3,(H,19,20,21)(H2,22,23,24);;/q;2*+1/p-2. The van der Waals surface area contributed by atoms with Crippen LogP contribution in [0.3, 0.4) is 0 Å². The molecule has 3 aromatic rings. The van der Waals surface area contributed by atoms with Gasteiger partial charge in [-0.3, -0.25) is 0 Å². The van der Waals surface area contributed by atoms with E-state index in [2.05, 4.69) is 15.4 Å². The van der Waals surface area contributed by atoms with Crippen molar-refractivity contribution >= 4 is 18.2 Å². The molecule has 1 N–H and O–H groups in total. The first kappa shape index (κ1) is 29.3. The Morgan fingerprint density at radius 2 is 1.34 bits per heavy atom. The number of aromatic nitrogens is 3. The normalized spacial score (nSPS) is 10.6. The molecule has 0 bridgehead atoms. The Balaban J connectivity index is 0.00000256. The molecule has 0 aliphatic rings. The molecule has 2 aromatic carbocycles. The summed E-state index contributed by atoms with van der Waals surface area (Å²) in [6.07, 6.45) is 0. The number of methoxy groups -OCH3 is 4. The Kier molecular flexibility index (Phi) is 11.6. The van der Waals surface area contributed by atoms with Crippen molar-refractivity contribution in [2.24, 2.45) is 0 Å². The Hall–Kier alpha value is -0.720. The first-order chi connectivity index (χ1) is 14.3. The van der Waals surface area contributed by atoms with E-state index in [-0.39, 0.29) is 81.1 Å². The Morgan fingerprint density at radius 3 is 1.81 bits per heavy atom. The maximum atomic E-state index is 11.3. The summed E-state index contributed by atoms with van der Waals surface area (Å²) in [5, 5.41) is 11.0. The molecule has 0 unspecified atom stereocenters. The van der Waals surface area contributed by atoms with Crippen LogP contribution in [0.25, 0.3) is 22.5 Å². The third-order valence-corrected chi connectivity index (χ3v) is 6.13. The van der Waals surface area contributed by atoms with Gasteiger partial charge in [0.15, 0.2) is 11.5 Å². The minimum absolute atomic E-state index is 0. The molecule has 0 saturated carbocycles. The van der Waals surface area contributed by atoms with Crippen LogP contribution in [0, 0.1) is 0 Å². The van der Waals surface area contributed by atoms with Crippen molar-refractivity contribution in [3.63, 3.8) is 0 Å². The molecule has 14 heteroatoms. The van der Waals surface area contributed by atoms with E-state index in [1.165, 1.54) is 34.5 Å². The number of hydrogen-bond donors (Lipinski definition) is 1. The van der Waals surface area contributed by atoms with Gasteiger partial charge in [0.1, 0.15) is 17.1 Å². The minimum atomic E-state index is -4.88. The number of H-pyrrole nitrogens is 1. The fourth-order valence-electron chi connectivity index (χ4n) is 2.87. The third-order valence-electron chi connectivity index (χ3n) is 4.13. The summed E-state index contributed by atoms with van der Waals surface area (Å²) in [5.41, 5.74) is 2.05. The van der Waals surface area contributed by atoms with E-state index in [0.717, 1.165) is 0 Å². The van der Waals surface area contributed by atoms with Gasteiger partial charge in [-0.05, 0) is 37.1 Å². The number of ether oxygens (including phenoxy) is 4. The van der Waals surface area contributed by atoms with Crippen LogP contribution in [-0.4, -0.2) is 43.8 Å². The first-order valence-electron chi connectivity index (χ1n) is 8.42. The summed E-state index contributed by atoms with van der Waals surface area (Å²) < 4.78 is 32.5. The summed E-state index contributed by atoms with van der Waals surface area (Å²) in [6, 6.07) is 8.17. The van der Waals surface area contributed by atoms with Gasteiger partial charge in [-0.2, -0.15) is 15.4 Å². The minimum Gasteiger partial charge on any atom is -0.803 e. The van der Waals surface area contributed by atoms with E-state index in [9.17, 15) is 14.4 Å². The molecule has 0 fully saturated rings. The molecule has 32 heavy (non-hydrogen) atoms. The largest absolute Gasteiger partial charge is 1.00 e. The Bertz CT molecular complexity index is 1080. The van der Waals surface area contributed by atoms with Crippen molar-refractivity contribution < 1.29 is 92.4 Å². The van der Waals surface area contributed by atoms with Gasteiger partial charge in [0.25, 0.3) is 0 Å². The van der Waals surface area contributed by atoms with Gasteiger partial charge in [-0.1, -0.05) is 11.4 Å². The number of nitrogens with zero attached hydrogens (tertiary/aromatic N) is 2. The van der Waals surface area contributed by atoms with E-state index in [0.29, 0.717) is 39.8 Å². The van der Waals surface area contributed by atoms with Crippen LogP contribution in [0.5, 0.6) is 23.0 Å². The molecule has 0 aliphatic heterocycles. The van der Waals surface area contributed by atoms with Gasteiger partial charge in [-0.25, -0.2) is 0 Å². The molecule has 1 heterocycles. The fraction of sp³-hybridized carbons (Fsp3) is 0.222. The van der Waals surface area contributed by atoms with Crippen molar-refractivity contribution in [3.8, 4) is 45.5 Å². The maximum Gasteiger partial charge on any atom is 1.00 e. The summed E-state index contributed by atoms with van der Waals surface area (Å²) in [6.45, 7) is -4.88. The zero-order chi connectivity index (χ0) is 21.9. The quantitative estimate of drug-likeness (QED) is 0.243. The van der Waals surface area contributed by atoms with Gasteiger partial charge in [0.05, 0.1) is 33.3 Å². The van der Waals surface area contributed by atoms with Crippen molar-refractivity contribution in [2.75, 3.05) is 28.4 Å².